The maximum absolute atomic E-state index is 12.9. The lowest BCUT2D eigenvalue weighted by molar-refractivity contribution is 0.0664. The van der Waals surface area contributed by atoms with Crippen molar-refractivity contribution in [2.45, 2.75) is 13.5 Å². The first-order valence-corrected chi connectivity index (χ1v) is 13.1. The van der Waals surface area contributed by atoms with Gasteiger partial charge in [0, 0.05) is 62.8 Å². The zero-order chi connectivity index (χ0) is 26.5. The summed E-state index contributed by atoms with van der Waals surface area (Å²) in [5, 5.41) is 6.65. The van der Waals surface area contributed by atoms with Gasteiger partial charge >= 0.3 is 0 Å². The zero-order valence-corrected chi connectivity index (χ0v) is 22.4. The Hall–Kier alpha value is -3.32. The number of halogens is 1. The molecule has 1 unspecified atom stereocenters. The molecular formula is C24H29ClN8O3S. The highest BCUT2D eigenvalue weighted by atomic mass is 35.5. The molecule has 1 aliphatic rings. The lowest BCUT2D eigenvalue weighted by Crippen LogP contribution is -2.47. The van der Waals surface area contributed by atoms with E-state index in [9.17, 15) is 13.6 Å². The summed E-state index contributed by atoms with van der Waals surface area (Å²) < 4.78 is 22.1. The van der Waals surface area contributed by atoms with Crippen LogP contribution < -0.4 is 14.9 Å². The molecule has 13 heteroatoms. The largest absolute Gasteiger partial charge is 0.364 e. The van der Waals surface area contributed by atoms with E-state index in [1.165, 1.54) is 13.2 Å². The molecular weight excluding hydrogens is 516 g/mol. The van der Waals surface area contributed by atoms with E-state index in [0.717, 1.165) is 41.7 Å². The monoisotopic (exact) mass is 544 g/mol. The van der Waals surface area contributed by atoms with Crippen molar-refractivity contribution in [1.29, 1.82) is 0 Å². The molecule has 0 saturated carbocycles. The van der Waals surface area contributed by atoms with Crippen LogP contribution >= 0.6 is 11.6 Å². The Morgan fingerprint density at radius 3 is 2.68 bits per heavy atom. The number of aromatic nitrogens is 3. The van der Waals surface area contributed by atoms with E-state index >= 15 is 0 Å². The van der Waals surface area contributed by atoms with Crippen LogP contribution in [-0.4, -0.2) is 79.7 Å². The highest BCUT2D eigenvalue weighted by molar-refractivity contribution is 7.80. The van der Waals surface area contributed by atoms with Crippen LogP contribution in [0.3, 0.4) is 0 Å². The fourth-order valence-corrected chi connectivity index (χ4v) is 4.38. The molecule has 0 bridgehead atoms. The Morgan fingerprint density at radius 2 is 1.97 bits per heavy atom. The van der Waals surface area contributed by atoms with Crippen LogP contribution in [0.5, 0.6) is 0 Å². The van der Waals surface area contributed by atoms with Gasteiger partial charge < -0.3 is 20.4 Å². The summed E-state index contributed by atoms with van der Waals surface area (Å²) in [6.07, 6.45) is 3.03. The number of carbonyl (C=O) groups is 1. The summed E-state index contributed by atoms with van der Waals surface area (Å²) in [6.45, 7) is 5.37. The standard InChI is InChI=1S/C24H29ClN8O3S/c1-16-13-17(23(34)33-11-9-31(2)10-12-33)6-7-20(16)29-24-28-15-19(25)21(30-24)27-14-18-5-4-8-26-22(18)32(3)37(35)36/h4-8,13,15H,9-12,14H2,1-3H3,(H,35,36)(H2,27,28,29,30). The van der Waals surface area contributed by atoms with Gasteiger partial charge in [-0.1, -0.05) is 17.7 Å². The summed E-state index contributed by atoms with van der Waals surface area (Å²) >= 11 is 4.11. The Labute approximate surface area is 223 Å². The molecule has 2 aromatic heterocycles. The second-order valence-electron chi connectivity index (χ2n) is 8.71. The van der Waals surface area contributed by atoms with Crippen molar-refractivity contribution in [2.75, 3.05) is 55.2 Å². The summed E-state index contributed by atoms with van der Waals surface area (Å²) in [5.74, 6) is 1.11. The van der Waals surface area contributed by atoms with Crippen molar-refractivity contribution in [1.82, 2.24) is 24.8 Å². The number of piperazine rings is 1. The summed E-state index contributed by atoms with van der Waals surface area (Å²) in [7, 11) is 3.54. The fourth-order valence-electron chi connectivity index (χ4n) is 3.91. The minimum absolute atomic E-state index is 0.0300. The average molecular weight is 545 g/mol. The van der Waals surface area contributed by atoms with Crippen LogP contribution in [0.2, 0.25) is 5.02 Å². The summed E-state index contributed by atoms with van der Waals surface area (Å²) in [6, 6.07) is 9.04. The molecule has 3 aromatic rings. The van der Waals surface area contributed by atoms with Gasteiger partial charge in [-0.05, 0) is 43.8 Å². The molecule has 11 nitrogen and oxygen atoms in total. The molecule has 1 aromatic carbocycles. The highest BCUT2D eigenvalue weighted by Crippen LogP contribution is 2.26. The first-order valence-electron chi connectivity index (χ1n) is 11.6. The van der Waals surface area contributed by atoms with Crippen LogP contribution in [0.4, 0.5) is 23.3 Å². The van der Waals surface area contributed by atoms with E-state index in [1.807, 2.05) is 24.0 Å². The third-order valence-corrected chi connectivity index (χ3v) is 7.02. The maximum atomic E-state index is 12.9. The predicted octanol–water partition coefficient (Wildman–Crippen LogP) is 3.15. The molecule has 0 radical (unpaired) electrons. The van der Waals surface area contributed by atoms with E-state index in [0.29, 0.717) is 33.7 Å². The third kappa shape index (κ3) is 6.52. The number of aryl methyl sites for hydroxylation is 1. The van der Waals surface area contributed by atoms with E-state index < -0.39 is 11.3 Å². The lowest BCUT2D eigenvalue weighted by atomic mass is 10.1. The van der Waals surface area contributed by atoms with Gasteiger partial charge in [0.25, 0.3) is 17.2 Å². The third-order valence-electron chi connectivity index (χ3n) is 6.10. The van der Waals surface area contributed by atoms with E-state index in [2.05, 4.69) is 37.5 Å². The minimum atomic E-state index is -2.20. The van der Waals surface area contributed by atoms with Gasteiger partial charge in [0.2, 0.25) is 5.95 Å². The summed E-state index contributed by atoms with van der Waals surface area (Å²) in [5.41, 5.74) is 2.99. The Morgan fingerprint density at radius 1 is 1.22 bits per heavy atom. The minimum Gasteiger partial charge on any atom is -0.364 e. The molecule has 1 saturated heterocycles. The van der Waals surface area contributed by atoms with Gasteiger partial charge in [-0.15, -0.1) is 0 Å². The quantitative estimate of drug-likeness (QED) is 0.366. The highest BCUT2D eigenvalue weighted by Gasteiger charge is 2.21. The number of rotatable bonds is 8. The van der Waals surface area contributed by atoms with Crippen LogP contribution in [-0.2, 0) is 17.8 Å². The average Bonchev–Trinajstić information content (AvgIpc) is 2.89. The fraction of sp³-hybridized carbons (Fsp3) is 0.333. The van der Waals surface area contributed by atoms with Crippen LogP contribution in [0.1, 0.15) is 21.5 Å². The van der Waals surface area contributed by atoms with Gasteiger partial charge in [0.15, 0.2) is 5.82 Å². The molecule has 3 heterocycles. The number of pyridine rings is 1. The molecule has 0 spiro atoms. The topological polar surface area (TPSA) is 127 Å². The van der Waals surface area contributed by atoms with Crippen molar-refractivity contribution in [3.8, 4) is 0 Å². The molecule has 1 fully saturated rings. The lowest BCUT2D eigenvalue weighted by Gasteiger charge is -2.32. The second kappa shape index (κ2) is 11.8. The Bertz CT molecular complexity index is 1300. The van der Waals surface area contributed by atoms with E-state index in [1.54, 1.807) is 24.4 Å². The molecule has 1 aliphatic heterocycles. The number of anilines is 4. The van der Waals surface area contributed by atoms with Crippen molar-refractivity contribution < 1.29 is 13.6 Å². The normalized spacial score (nSPS) is 14.8. The van der Waals surface area contributed by atoms with Crippen molar-refractivity contribution in [2.24, 2.45) is 0 Å². The Balaban J connectivity index is 1.45. The Kier molecular flexibility index (Phi) is 8.54. The number of carbonyl (C=O) groups excluding carboxylic acids is 1. The van der Waals surface area contributed by atoms with Crippen LogP contribution in [0.15, 0.2) is 42.7 Å². The number of benzene rings is 1. The van der Waals surface area contributed by atoms with Crippen LogP contribution in [0.25, 0.3) is 0 Å². The van der Waals surface area contributed by atoms with E-state index in [4.69, 9.17) is 11.6 Å². The smallest absolute Gasteiger partial charge is 0.262 e. The number of hydrogen-bond acceptors (Lipinski definition) is 8. The number of nitrogens with zero attached hydrogens (tertiary/aromatic N) is 6. The first kappa shape index (κ1) is 26.7. The summed E-state index contributed by atoms with van der Waals surface area (Å²) in [4.78, 5) is 29.9. The zero-order valence-electron chi connectivity index (χ0n) is 20.8. The van der Waals surface area contributed by atoms with Gasteiger partial charge in [0.05, 0.1) is 6.20 Å². The van der Waals surface area contributed by atoms with Crippen molar-refractivity contribution in [3.63, 3.8) is 0 Å². The molecule has 3 N–H and O–H groups in total. The number of amides is 1. The number of likely N-dealkylation sites (N-methyl/N-ethyl adjacent to an activating group) is 1. The maximum Gasteiger partial charge on any atom is 0.262 e. The van der Waals surface area contributed by atoms with Gasteiger partial charge in [0.1, 0.15) is 10.8 Å². The molecule has 0 aliphatic carbocycles. The molecule has 1 amide bonds. The number of nitrogens with one attached hydrogen (secondary N) is 2. The predicted molar refractivity (Wildman–Crippen MR) is 146 cm³/mol. The van der Waals surface area contributed by atoms with Gasteiger partial charge in [-0.2, -0.15) is 4.98 Å². The van der Waals surface area contributed by atoms with Gasteiger partial charge in [-0.3, -0.25) is 13.7 Å². The molecule has 1 atom stereocenters. The van der Waals surface area contributed by atoms with Crippen molar-refractivity contribution >= 4 is 52.0 Å². The van der Waals surface area contributed by atoms with Crippen LogP contribution in [0, 0.1) is 6.92 Å². The first-order chi connectivity index (χ1) is 17.7. The SMILES string of the molecule is Cc1cc(C(=O)N2CCN(C)CC2)ccc1Nc1ncc(Cl)c(NCc2cccnc2N(C)S(=O)O)n1. The second-order valence-corrected chi connectivity index (χ2v) is 10.1. The molecule has 4 rings (SSSR count). The van der Waals surface area contributed by atoms with Gasteiger partial charge in [-0.25, -0.2) is 14.2 Å². The molecule has 196 valence electrons. The van der Waals surface area contributed by atoms with E-state index in [-0.39, 0.29) is 12.5 Å². The molecule has 37 heavy (non-hydrogen) atoms. The van der Waals surface area contributed by atoms with Crippen molar-refractivity contribution in [3.05, 3.63) is 64.4 Å². The number of hydrogen-bond donors (Lipinski definition) is 3.